The number of hydrogen-bond acceptors (Lipinski definition) is 5. The number of nitrogens with zero attached hydrogens (tertiary/aromatic N) is 1. The Morgan fingerprint density at radius 1 is 1.16 bits per heavy atom. The van der Waals surface area contributed by atoms with E-state index in [2.05, 4.69) is 15.8 Å². The van der Waals surface area contributed by atoms with Crippen molar-refractivity contribution in [1.29, 1.82) is 0 Å². The normalized spacial score (nSPS) is 11.8. The summed E-state index contributed by atoms with van der Waals surface area (Å²) in [5.41, 5.74) is 5.16. The Balaban J connectivity index is 2.06. The molecular weight excluding hydrogens is 318 g/mol. The molecule has 6 nitrogen and oxygen atoms in total. The fourth-order valence-corrected chi connectivity index (χ4v) is 2.10. The summed E-state index contributed by atoms with van der Waals surface area (Å²) in [6.45, 7) is 3.89. The molecule has 0 aliphatic carbocycles. The van der Waals surface area contributed by atoms with Gasteiger partial charge in [0.25, 0.3) is 5.91 Å². The Bertz CT molecular complexity index is 745. The van der Waals surface area contributed by atoms with Gasteiger partial charge in [-0.1, -0.05) is 30.3 Å². The van der Waals surface area contributed by atoms with E-state index in [1.165, 1.54) is 6.21 Å². The van der Waals surface area contributed by atoms with Gasteiger partial charge in [-0.15, -0.1) is 0 Å². The van der Waals surface area contributed by atoms with Crippen molar-refractivity contribution in [3.8, 4) is 0 Å². The Labute approximate surface area is 146 Å². The van der Waals surface area contributed by atoms with E-state index in [0.29, 0.717) is 5.56 Å². The number of aryl methyl sites for hydroxylation is 1. The molecule has 0 saturated carbocycles. The van der Waals surface area contributed by atoms with E-state index in [1.807, 2.05) is 37.3 Å². The van der Waals surface area contributed by atoms with Crippen LogP contribution < -0.4 is 10.7 Å². The second-order valence-electron chi connectivity index (χ2n) is 5.33. The van der Waals surface area contributed by atoms with Crippen molar-refractivity contribution in [2.45, 2.75) is 19.9 Å². The molecule has 0 spiro atoms. The van der Waals surface area contributed by atoms with E-state index in [-0.39, 0.29) is 12.5 Å². The molecule has 1 amide bonds. The molecule has 0 bridgehead atoms. The summed E-state index contributed by atoms with van der Waals surface area (Å²) >= 11 is 0. The molecule has 6 heteroatoms. The fraction of sp³-hybridized carbons (Fsp3) is 0.211. The van der Waals surface area contributed by atoms with Gasteiger partial charge >= 0.3 is 5.97 Å². The largest absolute Gasteiger partial charge is 0.464 e. The van der Waals surface area contributed by atoms with Crippen LogP contribution in [0.5, 0.6) is 0 Å². The van der Waals surface area contributed by atoms with Gasteiger partial charge in [0.2, 0.25) is 0 Å². The fourth-order valence-electron chi connectivity index (χ4n) is 2.10. The number of anilines is 1. The molecule has 0 aliphatic rings. The summed E-state index contributed by atoms with van der Waals surface area (Å²) in [4.78, 5) is 24.3. The Kier molecular flexibility index (Phi) is 6.71. The van der Waals surface area contributed by atoms with E-state index < -0.39 is 12.0 Å². The molecule has 1 unspecified atom stereocenters. The van der Waals surface area contributed by atoms with Crippen LogP contribution in [0.4, 0.5) is 5.69 Å². The highest BCUT2D eigenvalue weighted by Crippen LogP contribution is 2.09. The number of hydrazone groups is 1. The van der Waals surface area contributed by atoms with Gasteiger partial charge in [0.1, 0.15) is 0 Å². The zero-order valence-corrected chi connectivity index (χ0v) is 14.2. The number of nitrogens with one attached hydrogen (secondary N) is 2. The van der Waals surface area contributed by atoms with Crippen LogP contribution in [0.15, 0.2) is 59.7 Å². The summed E-state index contributed by atoms with van der Waals surface area (Å²) in [7, 11) is 0. The Morgan fingerprint density at radius 2 is 1.92 bits per heavy atom. The SMILES string of the molecule is CCOC(=O)C(/C=N/Nc1cccc(C)c1)NC(=O)c1ccccc1. The smallest absolute Gasteiger partial charge is 0.334 e. The lowest BCUT2D eigenvalue weighted by atomic mass is 10.2. The number of carbonyl (C=O) groups excluding carboxylic acids is 2. The number of hydrogen-bond donors (Lipinski definition) is 2. The van der Waals surface area contributed by atoms with Crippen molar-refractivity contribution < 1.29 is 14.3 Å². The van der Waals surface area contributed by atoms with Crippen LogP contribution in [0.3, 0.4) is 0 Å². The van der Waals surface area contributed by atoms with Gasteiger partial charge in [-0.25, -0.2) is 4.79 Å². The first-order chi connectivity index (χ1) is 12.1. The molecule has 2 rings (SSSR count). The molecule has 25 heavy (non-hydrogen) atoms. The van der Waals surface area contributed by atoms with Gasteiger partial charge in [0, 0.05) is 5.56 Å². The minimum absolute atomic E-state index is 0.218. The number of ether oxygens (including phenoxy) is 1. The topological polar surface area (TPSA) is 79.8 Å². The second kappa shape index (κ2) is 9.22. The van der Waals surface area contributed by atoms with Gasteiger partial charge < -0.3 is 10.1 Å². The van der Waals surface area contributed by atoms with E-state index in [0.717, 1.165) is 11.3 Å². The van der Waals surface area contributed by atoms with Crippen molar-refractivity contribution in [1.82, 2.24) is 5.32 Å². The van der Waals surface area contributed by atoms with Crippen LogP contribution in [0, 0.1) is 6.92 Å². The van der Waals surface area contributed by atoms with Crippen molar-refractivity contribution in [2.24, 2.45) is 5.10 Å². The lowest BCUT2D eigenvalue weighted by Crippen LogP contribution is -2.43. The lowest BCUT2D eigenvalue weighted by molar-refractivity contribution is -0.143. The van der Waals surface area contributed by atoms with E-state index in [9.17, 15) is 9.59 Å². The van der Waals surface area contributed by atoms with Gasteiger partial charge in [0.05, 0.1) is 18.5 Å². The molecule has 0 fully saturated rings. The zero-order chi connectivity index (χ0) is 18.1. The first-order valence-electron chi connectivity index (χ1n) is 7.98. The number of carbonyl (C=O) groups is 2. The standard InChI is InChI=1S/C19H21N3O3/c1-3-25-19(24)17(21-18(23)15-9-5-4-6-10-15)13-20-22-16-11-7-8-14(2)12-16/h4-13,17,22H,3H2,1-2H3,(H,21,23)/b20-13+. The summed E-state index contributed by atoms with van der Waals surface area (Å²) in [5.74, 6) is -0.942. The molecule has 2 aromatic rings. The van der Waals surface area contributed by atoms with Crippen LogP contribution in [0.2, 0.25) is 0 Å². The third-order valence-corrected chi connectivity index (χ3v) is 3.30. The quantitative estimate of drug-likeness (QED) is 0.462. The third kappa shape index (κ3) is 5.76. The molecule has 2 aromatic carbocycles. The predicted molar refractivity (Wildman–Crippen MR) is 97.6 cm³/mol. The predicted octanol–water partition coefficient (Wildman–Crippen LogP) is 2.75. The maximum Gasteiger partial charge on any atom is 0.334 e. The van der Waals surface area contributed by atoms with Crippen LogP contribution in [0.25, 0.3) is 0 Å². The summed E-state index contributed by atoms with van der Waals surface area (Å²) < 4.78 is 4.99. The molecule has 2 N–H and O–H groups in total. The van der Waals surface area contributed by atoms with Crippen molar-refractivity contribution in [2.75, 3.05) is 12.0 Å². The van der Waals surface area contributed by atoms with Gasteiger partial charge in [-0.05, 0) is 43.7 Å². The number of benzene rings is 2. The average molecular weight is 339 g/mol. The van der Waals surface area contributed by atoms with Crippen LogP contribution in [0.1, 0.15) is 22.8 Å². The Morgan fingerprint density at radius 3 is 2.60 bits per heavy atom. The maximum absolute atomic E-state index is 12.2. The van der Waals surface area contributed by atoms with Gasteiger partial charge in [0.15, 0.2) is 6.04 Å². The van der Waals surface area contributed by atoms with E-state index >= 15 is 0 Å². The number of amides is 1. The lowest BCUT2D eigenvalue weighted by Gasteiger charge is -2.13. The van der Waals surface area contributed by atoms with E-state index in [1.54, 1.807) is 31.2 Å². The summed E-state index contributed by atoms with van der Waals surface area (Å²) in [6.07, 6.45) is 1.32. The number of esters is 1. The first-order valence-corrected chi connectivity index (χ1v) is 7.98. The molecule has 1 atom stereocenters. The number of rotatable bonds is 7. The van der Waals surface area contributed by atoms with E-state index in [4.69, 9.17) is 4.74 Å². The van der Waals surface area contributed by atoms with Gasteiger partial charge in [-0.2, -0.15) is 5.10 Å². The highest BCUT2D eigenvalue weighted by atomic mass is 16.5. The second-order valence-corrected chi connectivity index (χ2v) is 5.33. The monoisotopic (exact) mass is 339 g/mol. The third-order valence-electron chi connectivity index (χ3n) is 3.30. The summed E-state index contributed by atoms with van der Waals surface area (Å²) in [6, 6.07) is 15.3. The molecule has 130 valence electrons. The highest BCUT2D eigenvalue weighted by molar-refractivity contribution is 6.03. The maximum atomic E-state index is 12.2. The van der Waals surface area contributed by atoms with Crippen molar-refractivity contribution in [3.05, 3.63) is 65.7 Å². The summed E-state index contributed by atoms with van der Waals surface area (Å²) in [5, 5.41) is 6.66. The minimum Gasteiger partial charge on any atom is -0.464 e. The minimum atomic E-state index is -0.982. The van der Waals surface area contributed by atoms with Crippen LogP contribution >= 0.6 is 0 Å². The zero-order valence-electron chi connectivity index (χ0n) is 14.2. The van der Waals surface area contributed by atoms with Crippen molar-refractivity contribution in [3.63, 3.8) is 0 Å². The van der Waals surface area contributed by atoms with Gasteiger partial charge in [-0.3, -0.25) is 10.2 Å². The molecule has 0 radical (unpaired) electrons. The molecule has 0 aliphatic heterocycles. The first kappa shape index (κ1) is 18.2. The Hall–Kier alpha value is -3.15. The molecular formula is C19H21N3O3. The molecule has 0 aromatic heterocycles. The van der Waals surface area contributed by atoms with Crippen molar-refractivity contribution >= 4 is 23.8 Å². The average Bonchev–Trinajstić information content (AvgIpc) is 2.62. The molecule has 0 heterocycles. The highest BCUT2D eigenvalue weighted by Gasteiger charge is 2.20. The van der Waals surface area contributed by atoms with Crippen LogP contribution in [-0.4, -0.2) is 30.7 Å². The molecule has 0 saturated heterocycles. The van der Waals surface area contributed by atoms with Crippen LogP contribution in [-0.2, 0) is 9.53 Å².